The Bertz CT molecular complexity index is 528. The van der Waals surface area contributed by atoms with Gasteiger partial charge < -0.3 is 14.5 Å². The second-order valence-electron chi connectivity index (χ2n) is 5.79. The highest BCUT2D eigenvalue weighted by Gasteiger charge is 2.00. The third-order valence-electron chi connectivity index (χ3n) is 3.31. The lowest BCUT2D eigenvalue weighted by molar-refractivity contribution is 0.289. The molecule has 0 unspecified atom stereocenters. The molecule has 114 valence electrons. The Morgan fingerprint density at radius 1 is 1.05 bits per heavy atom. The van der Waals surface area contributed by atoms with E-state index in [-0.39, 0.29) is 0 Å². The summed E-state index contributed by atoms with van der Waals surface area (Å²) in [5, 5.41) is 3.37. The summed E-state index contributed by atoms with van der Waals surface area (Å²) < 4.78 is 11.2. The Morgan fingerprint density at radius 2 is 1.81 bits per heavy atom. The number of ether oxygens (including phenoxy) is 1. The summed E-state index contributed by atoms with van der Waals surface area (Å²) in [6.07, 6.45) is 1.09. The van der Waals surface area contributed by atoms with E-state index in [2.05, 4.69) is 31.3 Å². The van der Waals surface area contributed by atoms with Crippen LogP contribution in [0.1, 0.15) is 37.4 Å². The Kier molecular flexibility index (Phi) is 5.88. The van der Waals surface area contributed by atoms with E-state index in [0.717, 1.165) is 43.4 Å². The normalized spacial score (nSPS) is 11.0. The summed E-state index contributed by atoms with van der Waals surface area (Å²) in [6, 6.07) is 12.3. The minimum Gasteiger partial charge on any atom is -0.494 e. The summed E-state index contributed by atoms with van der Waals surface area (Å²) >= 11 is 0. The van der Waals surface area contributed by atoms with Crippen molar-refractivity contribution in [1.29, 1.82) is 0 Å². The molecule has 2 rings (SSSR count). The highest BCUT2D eigenvalue weighted by molar-refractivity contribution is 5.27. The second-order valence-corrected chi connectivity index (χ2v) is 5.79. The maximum absolute atomic E-state index is 5.71. The molecule has 3 heteroatoms. The minimum atomic E-state index is 0.679. The Morgan fingerprint density at radius 3 is 2.43 bits per heavy atom. The molecular weight excluding hydrogens is 262 g/mol. The molecule has 0 aliphatic heterocycles. The molecule has 21 heavy (non-hydrogen) atoms. The van der Waals surface area contributed by atoms with Crippen molar-refractivity contribution in [3.63, 3.8) is 0 Å². The zero-order valence-electron chi connectivity index (χ0n) is 13.2. The first-order valence-electron chi connectivity index (χ1n) is 7.61. The molecule has 2 aromatic rings. The molecule has 1 aromatic carbocycles. The predicted octanol–water partition coefficient (Wildman–Crippen LogP) is 4.30. The van der Waals surface area contributed by atoms with Crippen LogP contribution in [0.25, 0.3) is 0 Å². The van der Waals surface area contributed by atoms with Crippen LogP contribution in [0.15, 0.2) is 40.8 Å². The lowest BCUT2D eigenvalue weighted by Gasteiger charge is -2.09. The lowest BCUT2D eigenvalue weighted by atomic mass is 10.1. The van der Waals surface area contributed by atoms with Crippen LogP contribution in [-0.2, 0) is 13.1 Å². The van der Waals surface area contributed by atoms with Gasteiger partial charge in [0, 0.05) is 6.54 Å². The van der Waals surface area contributed by atoms with E-state index in [1.807, 2.05) is 31.2 Å². The number of nitrogens with one attached hydrogen (secondary N) is 1. The van der Waals surface area contributed by atoms with Crippen LogP contribution in [-0.4, -0.2) is 6.61 Å². The van der Waals surface area contributed by atoms with Gasteiger partial charge in [-0.05, 0) is 49.1 Å². The zero-order chi connectivity index (χ0) is 15.1. The first-order chi connectivity index (χ1) is 10.1. The lowest BCUT2D eigenvalue weighted by Crippen LogP contribution is -2.12. The van der Waals surface area contributed by atoms with Crippen molar-refractivity contribution in [2.75, 3.05) is 6.61 Å². The van der Waals surface area contributed by atoms with E-state index in [9.17, 15) is 0 Å². The maximum atomic E-state index is 5.71. The zero-order valence-corrected chi connectivity index (χ0v) is 13.2. The number of furan rings is 1. The number of hydrogen-bond donors (Lipinski definition) is 1. The molecule has 0 aliphatic rings. The number of rotatable bonds is 8. The molecule has 0 radical (unpaired) electrons. The van der Waals surface area contributed by atoms with E-state index >= 15 is 0 Å². The van der Waals surface area contributed by atoms with Crippen LogP contribution >= 0.6 is 0 Å². The van der Waals surface area contributed by atoms with Gasteiger partial charge in [-0.15, -0.1) is 0 Å². The van der Waals surface area contributed by atoms with Gasteiger partial charge in [-0.3, -0.25) is 0 Å². The van der Waals surface area contributed by atoms with Crippen LogP contribution < -0.4 is 10.1 Å². The number of hydrogen-bond acceptors (Lipinski definition) is 3. The smallest absolute Gasteiger partial charge is 0.119 e. The molecule has 0 saturated carbocycles. The van der Waals surface area contributed by atoms with Crippen molar-refractivity contribution in [2.45, 2.75) is 40.3 Å². The number of aryl methyl sites for hydroxylation is 1. The van der Waals surface area contributed by atoms with Crippen molar-refractivity contribution in [3.05, 3.63) is 53.5 Å². The first-order valence-corrected chi connectivity index (χ1v) is 7.61. The van der Waals surface area contributed by atoms with Crippen LogP contribution in [0, 0.1) is 12.8 Å². The molecule has 0 amide bonds. The fourth-order valence-electron chi connectivity index (χ4n) is 2.03. The van der Waals surface area contributed by atoms with Crippen molar-refractivity contribution in [1.82, 2.24) is 5.32 Å². The van der Waals surface area contributed by atoms with E-state index in [1.165, 1.54) is 5.56 Å². The SMILES string of the molecule is Cc1ccc(CNCc2ccc(OCCC(C)C)cc2)o1. The molecule has 0 aliphatic carbocycles. The van der Waals surface area contributed by atoms with E-state index < -0.39 is 0 Å². The largest absolute Gasteiger partial charge is 0.494 e. The third-order valence-corrected chi connectivity index (χ3v) is 3.31. The van der Waals surface area contributed by atoms with Crippen molar-refractivity contribution < 1.29 is 9.15 Å². The Balaban J connectivity index is 1.72. The molecule has 0 fully saturated rings. The highest BCUT2D eigenvalue weighted by Crippen LogP contribution is 2.13. The average Bonchev–Trinajstić information content (AvgIpc) is 2.86. The molecule has 0 spiro atoms. The maximum Gasteiger partial charge on any atom is 0.119 e. The molecule has 3 nitrogen and oxygen atoms in total. The van der Waals surface area contributed by atoms with Gasteiger partial charge in [0.05, 0.1) is 13.2 Å². The van der Waals surface area contributed by atoms with Crippen molar-refractivity contribution in [2.24, 2.45) is 5.92 Å². The summed E-state index contributed by atoms with van der Waals surface area (Å²) in [5.74, 6) is 3.55. The fraction of sp³-hybridized carbons (Fsp3) is 0.444. The fourth-order valence-corrected chi connectivity index (χ4v) is 2.03. The van der Waals surface area contributed by atoms with Crippen LogP contribution in [0.3, 0.4) is 0 Å². The molecule has 1 N–H and O–H groups in total. The predicted molar refractivity (Wildman–Crippen MR) is 85.4 cm³/mol. The van der Waals surface area contributed by atoms with Crippen molar-refractivity contribution >= 4 is 0 Å². The molecule has 0 bridgehead atoms. The molecule has 1 heterocycles. The van der Waals surface area contributed by atoms with E-state index in [1.54, 1.807) is 0 Å². The van der Waals surface area contributed by atoms with Gasteiger partial charge in [0.1, 0.15) is 17.3 Å². The van der Waals surface area contributed by atoms with Crippen molar-refractivity contribution in [3.8, 4) is 5.75 Å². The Labute approximate surface area is 127 Å². The van der Waals surface area contributed by atoms with Crippen LogP contribution in [0.2, 0.25) is 0 Å². The van der Waals surface area contributed by atoms with Gasteiger partial charge in [-0.2, -0.15) is 0 Å². The van der Waals surface area contributed by atoms with Gasteiger partial charge >= 0.3 is 0 Å². The number of benzene rings is 1. The summed E-state index contributed by atoms with van der Waals surface area (Å²) in [4.78, 5) is 0. The van der Waals surface area contributed by atoms with E-state index in [0.29, 0.717) is 5.92 Å². The third kappa shape index (κ3) is 5.64. The van der Waals surface area contributed by atoms with Gasteiger partial charge in [-0.1, -0.05) is 26.0 Å². The second kappa shape index (κ2) is 7.89. The summed E-state index contributed by atoms with van der Waals surface area (Å²) in [6.45, 7) is 8.73. The highest BCUT2D eigenvalue weighted by atomic mass is 16.5. The molecule has 0 saturated heterocycles. The minimum absolute atomic E-state index is 0.679. The van der Waals surface area contributed by atoms with E-state index in [4.69, 9.17) is 9.15 Å². The van der Waals surface area contributed by atoms with Crippen LogP contribution in [0.5, 0.6) is 5.75 Å². The first kappa shape index (κ1) is 15.6. The van der Waals surface area contributed by atoms with Gasteiger partial charge in [0.25, 0.3) is 0 Å². The molecular formula is C18H25NO2. The van der Waals surface area contributed by atoms with Gasteiger partial charge in [0.2, 0.25) is 0 Å². The van der Waals surface area contributed by atoms with Crippen LogP contribution in [0.4, 0.5) is 0 Å². The average molecular weight is 287 g/mol. The Hall–Kier alpha value is -1.74. The quantitative estimate of drug-likeness (QED) is 0.786. The summed E-state index contributed by atoms with van der Waals surface area (Å²) in [5.41, 5.74) is 1.24. The van der Waals surface area contributed by atoms with Gasteiger partial charge in [0.15, 0.2) is 0 Å². The standard InChI is InChI=1S/C18H25NO2/c1-14(2)10-11-20-17-8-5-16(6-9-17)12-19-13-18-7-4-15(3)21-18/h4-9,14,19H,10-13H2,1-3H3. The molecule has 1 aromatic heterocycles. The van der Waals surface area contributed by atoms with Gasteiger partial charge in [-0.25, -0.2) is 0 Å². The monoisotopic (exact) mass is 287 g/mol. The summed E-state index contributed by atoms with van der Waals surface area (Å²) in [7, 11) is 0. The molecule has 0 atom stereocenters. The topological polar surface area (TPSA) is 34.4 Å².